The highest BCUT2D eigenvalue weighted by Gasteiger charge is 2.15. The van der Waals surface area contributed by atoms with Crippen LogP contribution in [0.2, 0.25) is 0 Å². The summed E-state index contributed by atoms with van der Waals surface area (Å²) < 4.78 is 0. The lowest BCUT2D eigenvalue weighted by atomic mass is 9.85. The zero-order valence-electron chi connectivity index (χ0n) is 18.8. The van der Waals surface area contributed by atoms with E-state index in [-0.39, 0.29) is 36.4 Å². The van der Waals surface area contributed by atoms with Gasteiger partial charge in [0.15, 0.2) is 5.96 Å². The van der Waals surface area contributed by atoms with Crippen molar-refractivity contribution in [2.24, 2.45) is 16.6 Å². The minimum atomic E-state index is -0.564. The Bertz CT molecular complexity index is 702. The standard InChI is InChI=1S/C23H37N5O2.HI/c1-3-25-23(28-17(2)9-10-18-7-5-4-6-8-18)27-15-19-11-13-20(14-12-19)22(30)26-16-21(24)29;/h11-14,17-18H,3-10,15-16H2,1-2H3,(H2,24,29)(H,26,30)(H2,25,27,28);1H. The molecule has 1 unspecified atom stereocenters. The number of primary amides is 1. The average molecular weight is 543 g/mol. The molecule has 1 aliphatic carbocycles. The molecule has 31 heavy (non-hydrogen) atoms. The van der Waals surface area contributed by atoms with E-state index >= 15 is 0 Å². The summed E-state index contributed by atoms with van der Waals surface area (Å²) in [5, 5.41) is 9.31. The summed E-state index contributed by atoms with van der Waals surface area (Å²) in [5.41, 5.74) is 6.55. The van der Waals surface area contributed by atoms with Crippen molar-refractivity contribution in [3.8, 4) is 0 Å². The van der Waals surface area contributed by atoms with Gasteiger partial charge in [-0.15, -0.1) is 24.0 Å². The monoisotopic (exact) mass is 543 g/mol. The number of nitrogens with two attached hydrogens (primary N) is 1. The van der Waals surface area contributed by atoms with Crippen LogP contribution in [-0.2, 0) is 11.3 Å². The first-order chi connectivity index (χ1) is 14.5. The summed E-state index contributed by atoms with van der Waals surface area (Å²) in [6, 6.07) is 7.58. The van der Waals surface area contributed by atoms with Gasteiger partial charge in [0.05, 0.1) is 13.1 Å². The lowest BCUT2D eigenvalue weighted by Crippen LogP contribution is -2.42. The van der Waals surface area contributed by atoms with E-state index in [0.29, 0.717) is 18.2 Å². The molecule has 1 saturated carbocycles. The van der Waals surface area contributed by atoms with E-state index in [4.69, 9.17) is 5.73 Å². The highest BCUT2D eigenvalue weighted by atomic mass is 127. The maximum atomic E-state index is 11.9. The largest absolute Gasteiger partial charge is 0.368 e. The summed E-state index contributed by atoms with van der Waals surface area (Å²) in [7, 11) is 0. The van der Waals surface area contributed by atoms with Crippen molar-refractivity contribution in [3.05, 3.63) is 35.4 Å². The molecule has 0 aromatic heterocycles. The van der Waals surface area contributed by atoms with Crippen LogP contribution in [0, 0.1) is 5.92 Å². The molecule has 0 heterocycles. The Morgan fingerprint density at radius 3 is 2.42 bits per heavy atom. The Labute approximate surface area is 203 Å². The zero-order chi connectivity index (χ0) is 21.8. The average Bonchev–Trinajstić information content (AvgIpc) is 2.75. The molecule has 2 amide bonds. The van der Waals surface area contributed by atoms with Crippen molar-refractivity contribution in [2.75, 3.05) is 13.1 Å². The minimum Gasteiger partial charge on any atom is -0.368 e. The first kappa shape index (κ1) is 27.2. The fourth-order valence-electron chi connectivity index (χ4n) is 3.79. The molecule has 2 rings (SSSR count). The Kier molecular flexibility index (Phi) is 13.2. The number of aliphatic imine (C=N–C) groups is 1. The molecule has 1 aliphatic rings. The summed E-state index contributed by atoms with van der Waals surface area (Å²) in [5.74, 6) is 0.828. The van der Waals surface area contributed by atoms with E-state index in [0.717, 1.165) is 30.4 Å². The smallest absolute Gasteiger partial charge is 0.251 e. The van der Waals surface area contributed by atoms with Gasteiger partial charge in [0.1, 0.15) is 0 Å². The van der Waals surface area contributed by atoms with Gasteiger partial charge in [0.25, 0.3) is 5.91 Å². The molecular weight excluding hydrogens is 505 g/mol. The molecule has 0 aliphatic heterocycles. The van der Waals surface area contributed by atoms with Gasteiger partial charge >= 0.3 is 0 Å². The molecule has 1 aromatic carbocycles. The lowest BCUT2D eigenvalue weighted by molar-refractivity contribution is -0.117. The molecule has 7 nitrogen and oxygen atoms in total. The van der Waals surface area contributed by atoms with Gasteiger partial charge in [-0.05, 0) is 50.3 Å². The van der Waals surface area contributed by atoms with E-state index in [9.17, 15) is 9.59 Å². The van der Waals surface area contributed by atoms with Gasteiger partial charge in [0.2, 0.25) is 5.91 Å². The number of amides is 2. The molecule has 174 valence electrons. The second-order valence-corrected chi connectivity index (χ2v) is 8.17. The highest BCUT2D eigenvalue weighted by Crippen LogP contribution is 2.27. The number of nitrogens with one attached hydrogen (secondary N) is 3. The Hall–Kier alpha value is -1.84. The quantitative estimate of drug-likeness (QED) is 0.206. The van der Waals surface area contributed by atoms with Crippen LogP contribution in [0.25, 0.3) is 0 Å². The molecule has 8 heteroatoms. The second kappa shape index (κ2) is 15.0. The van der Waals surface area contributed by atoms with Crippen LogP contribution in [0.1, 0.15) is 74.7 Å². The van der Waals surface area contributed by atoms with Crippen molar-refractivity contribution < 1.29 is 9.59 Å². The molecule has 1 fully saturated rings. The second-order valence-electron chi connectivity index (χ2n) is 8.17. The molecule has 0 saturated heterocycles. The minimum absolute atomic E-state index is 0. The first-order valence-electron chi connectivity index (χ1n) is 11.2. The fraction of sp³-hybridized carbons (Fsp3) is 0.609. The number of guanidine groups is 1. The first-order valence-corrected chi connectivity index (χ1v) is 11.2. The number of benzene rings is 1. The van der Waals surface area contributed by atoms with E-state index in [2.05, 4.69) is 34.8 Å². The zero-order valence-corrected chi connectivity index (χ0v) is 21.1. The number of hydrogen-bond acceptors (Lipinski definition) is 3. The van der Waals surface area contributed by atoms with Gasteiger partial charge in [-0.3, -0.25) is 9.59 Å². The van der Waals surface area contributed by atoms with Crippen molar-refractivity contribution in [3.63, 3.8) is 0 Å². The lowest BCUT2D eigenvalue weighted by Gasteiger charge is -2.24. The van der Waals surface area contributed by atoms with Gasteiger partial charge in [0, 0.05) is 18.2 Å². The van der Waals surface area contributed by atoms with Crippen LogP contribution in [-0.4, -0.2) is 36.9 Å². The van der Waals surface area contributed by atoms with Gasteiger partial charge in [-0.25, -0.2) is 4.99 Å². The van der Waals surface area contributed by atoms with Crippen LogP contribution >= 0.6 is 24.0 Å². The maximum Gasteiger partial charge on any atom is 0.251 e. The van der Waals surface area contributed by atoms with Gasteiger partial charge in [-0.2, -0.15) is 0 Å². The van der Waals surface area contributed by atoms with E-state index < -0.39 is 5.91 Å². The predicted octanol–water partition coefficient (Wildman–Crippen LogP) is 3.32. The van der Waals surface area contributed by atoms with Gasteiger partial charge in [-0.1, -0.05) is 44.2 Å². The summed E-state index contributed by atoms with van der Waals surface area (Å²) >= 11 is 0. The molecule has 1 aromatic rings. The van der Waals surface area contributed by atoms with Crippen molar-refractivity contribution in [1.29, 1.82) is 0 Å². The molecule has 0 spiro atoms. The van der Waals surface area contributed by atoms with Gasteiger partial charge < -0.3 is 21.7 Å². The third-order valence-corrected chi connectivity index (χ3v) is 5.52. The van der Waals surface area contributed by atoms with E-state index in [1.807, 2.05) is 12.1 Å². The summed E-state index contributed by atoms with van der Waals surface area (Å²) in [4.78, 5) is 27.4. The molecule has 0 radical (unpaired) electrons. The summed E-state index contributed by atoms with van der Waals surface area (Å²) in [6.45, 7) is 5.44. The Morgan fingerprint density at radius 2 is 1.81 bits per heavy atom. The maximum absolute atomic E-state index is 11.9. The van der Waals surface area contributed by atoms with E-state index in [1.54, 1.807) is 12.1 Å². The fourth-order valence-corrected chi connectivity index (χ4v) is 3.79. The molecule has 5 N–H and O–H groups in total. The number of nitrogens with zero attached hydrogens (tertiary/aromatic N) is 1. The summed E-state index contributed by atoms with van der Waals surface area (Å²) in [6.07, 6.45) is 9.40. The van der Waals surface area contributed by atoms with Crippen molar-refractivity contribution in [2.45, 2.75) is 71.4 Å². The number of carbonyl (C=O) groups is 2. The van der Waals surface area contributed by atoms with Crippen LogP contribution in [0.3, 0.4) is 0 Å². The Balaban J connectivity index is 0.00000480. The van der Waals surface area contributed by atoms with Crippen molar-refractivity contribution >= 4 is 41.8 Å². The highest BCUT2D eigenvalue weighted by molar-refractivity contribution is 14.0. The molecule has 1 atom stereocenters. The third kappa shape index (κ3) is 10.8. The van der Waals surface area contributed by atoms with Crippen LogP contribution in [0.15, 0.2) is 29.3 Å². The number of carbonyl (C=O) groups excluding carboxylic acids is 2. The van der Waals surface area contributed by atoms with Crippen LogP contribution in [0.5, 0.6) is 0 Å². The molecular formula is C23H38IN5O2. The number of rotatable bonds is 10. The SMILES string of the molecule is CCNC(=NCc1ccc(C(=O)NCC(N)=O)cc1)NC(C)CCC1CCCCC1.I. The Morgan fingerprint density at radius 1 is 1.13 bits per heavy atom. The van der Waals surface area contributed by atoms with Crippen molar-refractivity contribution in [1.82, 2.24) is 16.0 Å². The van der Waals surface area contributed by atoms with Crippen LogP contribution in [0.4, 0.5) is 0 Å². The molecule has 0 bridgehead atoms. The number of hydrogen-bond donors (Lipinski definition) is 4. The van der Waals surface area contributed by atoms with E-state index in [1.165, 1.54) is 38.5 Å². The van der Waals surface area contributed by atoms with Crippen LogP contribution < -0.4 is 21.7 Å². The predicted molar refractivity (Wildman–Crippen MR) is 137 cm³/mol. The normalized spacial score (nSPS) is 15.5. The third-order valence-electron chi connectivity index (χ3n) is 5.52. The number of halogens is 1. The topological polar surface area (TPSA) is 109 Å².